The van der Waals surface area contributed by atoms with Crippen LogP contribution in [0.15, 0.2) is 23.9 Å². The summed E-state index contributed by atoms with van der Waals surface area (Å²) >= 11 is 0. The number of hydrogen-bond acceptors (Lipinski definition) is 6. The number of methoxy groups -OCH3 is 1. The molecule has 1 heterocycles. The third-order valence-electron chi connectivity index (χ3n) is 4.00. The van der Waals surface area contributed by atoms with Crippen LogP contribution in [0.25, 0.3) is 0 Å². The van der Waals surface area contributed by atoms with Crippen LogP contribution in [-0.2, 0) is 20.5 Å². The van der Waals surface area contributed by atoms with Gasteiger partial charge in [0, 0.05) is 11.1 Å². The van der Waals surface area contributed by atoms with Crippen molar-refractivity contribution in [1.82, 2.24) is 5.23 Å². The zero-order valence-electron chi connectivity index (χ0n) is 16.0. The number of carbonyl (C=O) groups excluding carboxylic acids is 1. The van der Waals surface area contributed by atoms with Gasteiger partial charge in [0.05, 0.1) is 13.7 Å². The van der Waals surface area contributed by atoms with Crippen LogP contribution in [0.3, 0.4) is 0 Å². The summed E-state index contributed by atoms with van der Waals surface area (Å²) in [5, 5.41) is 10.0. The molecule has 25 heavy (non-hydrogen) atoms. The van der Waals surface area contributed by atoms with E-state index in [-0.39, 0.29) is 23.1 Å². The zero-order valence-corrected chi connectivity index (χ0v) is 16.0. The highest BCUT2D eigenvalue weighted by molar-refractivity contribution is 5.90. The second-order valence-electron chi connectivity index (χ2n) is 8.10. The molecule has 0 unspecified atom stereocenters. The highest BCUT2D eigenvalue weighted by atomic mass is 16.9. The molecule has 0 aromatic heterocycles. The van der Waals surface area contributed by atoms with Gasteiger partial charge < -0.3 is 9.47 Å². The van der Waals surface area contributed by atoms with Crippen LogP contribution >= 0.6 is 0 Å². The molecule has 0 fully saturated rings. The van der Waals surface area contributed by atoms with Gasteiger partial charge in [-0.3, -0.25) is 5.21 Å². The van der Waals surface area contributed by atoms with Crippen LogP contribution in [-0.4, -0.2) is 30.1 Å². The Balaban J connectivity index is 2.59. The Morgan fingerprint density at radius 3 is 2.00 bits per heavy atom. The van der Waals surface area contributed by atoms with Crippen molar-refractivity contribution in [2.45, 2.75) is 52.4 Å². The second-order valence-corrected chi connectivity index (χ2v) is 8.10. The van der Waals surface area contributed by atoms with E-state index in [9.17, 15) is 10.0 Å². The van der Waals surface area contributed by atoms with E-state index in [0.29, 0.717) is 16.7 Å². The third-order valence-corrected chi connectivity index (χ3v) is 4.00. The molecule has 0 amide bonds. The molecule has 1 aromatic rings. The molecule has 1 aliphatic heterocycles. The first-order valence-electron chi connectivity index (χ1n) is 8.22. The van der Waals surface area contributed by atoms with E-state index in [1.807, 2.05) is 53.7 Å². The van der Waals surface area contributed by atoms with Gasteiger partial charge in [0.1, 0.15) is 11.5 Å². The van der Waals surface area contributed by atoms with E-state index in [2.05, 4.69) is 0 Å². The van der Waals surface area contributed by atoms with Crippen LogP contribution in [0.2, 0.25) is 0 Å². The molecule has 138 valence electrons. The molecule has 6 nitrogen and oxygen atoms in total. The first kappa shape index (κ1) is 19.3. The molecule has 1 aliphatic rings. The molecule has 6 heteroatoms. The number of nitrogens with zero attached hydrogens (tertiary/aromatic N) is 1. The summed E-state index contributed by atoms with van der Waals surface area (Å²) in [4.78, 5) is 17.4. The predicted molar refractivity (Wildman–Crippen MR) is 93.7 cm³/mol. The Morgan fingerprint density at radius 2 is 1.64 bits per heavy atom. The summed E-state index contributed by atoms with van der Waals surface area (Å²) in [6.45, 7) is 12.4. The highest BCUT2D eigenvalue weighted by Crippen LogP contribution is 2.42. The van der Waals surface area contributed by atoms with Gasteiger partial charge in [0.2, 0.25) is 0 Å². The minimum Gasteiger partial charge on any atom is -0.497 e. The van der Waals surface area contributed by atoms with E-state index in [0.717, 1.165) is 11.1 Å². The largest absolute Gasteiger partial charge is 0.497 e. The van der Waals surface area contributed by atoms with Gasteiger partial charge >= 0.3 is 5.97 Å². The van der Waals surface area contributed by atoms with Crippen molar-refractivity contribution in [3.8, 4) is 11.5 Å². The summed E-state index contributed by atoms with van der Waals surface area (Å²) in [5.74, 6) is 0.537. The van der Waals surface area contributed by atoms with Gasteiger partial charge in [-0.15, -0.1) is 5.23 Å². The maximum atomic E-state index is 12.5. The number of benzene rings is 1. The van der Waals surface area contributed by atoms with Crippen molar-refractivity contribution in [3.05, 3.63) is 35.0 Å². The topological polar surface area (TPSA) is 68.2 Å². The van der Waals surface area contributed by atoms with Crippen molar-refractivity contribution >= 4 is 5.97 Å². The van der Waals surface area contributed by atoms with Gasteiger partial charge in [-0.05, 0) is 29.0 Å². The highest BCUT2D eigenvalue weighted by Gasteiger charge is 2.32. The van der Waals surface area contributed by atoms with Gasteiger partial charge in [-0.1, -0.05) is 41.5 Å². The van der Waals surface area contributed by atoms with Crippen LogP contribution in [0.5, 0.6) is 11.5 Å². The number of esters is 1. The molecular formula is C19H27NO5. The molecule has 1 N–H and O–H groups in total. The van der Waals surface area contributed by atoms with E-state index in [4.69, 9.17) is 14.3 Å². The minimum absolute atomic E-state index is 0.0319. The number of ether oxygens (including phenoxy) is 2. The van der Waals surface area contributed by atoms with Crippen LogP contribution in [0.4, 0.5) is 0 Å². The fourth-order valence-electron chi connectivity index (χ4n) is 2.59. The summed E-state index contributed by atoms with van der Waals surface area (Å²) in [6.07, 6.45) is 1.47. The molecule has 0 saturated carbocycles. The predicted octanol–water partition coefficient (Wildman–Crippen LogP) is 3.72. The molecular weight excluding hydrogens is 322 g/mol. The molecule has 0 aliphatic carbocycles. The van der Waals surface area contributed by atoms with Crippen molar-refractivity contribution in [1.29, 1.82) is 0 Å². The summed E-state index contributed by atoms with van der Waals surface area (Å²) in [7, 11) is 1.62. The van der Waals surface area contributed by atoms with Crippen molar-refractivity contribution in [2.24, 2.45) is 0 Å². The number of hydrogen-bond donors (Lipinski definition) is 1. The molecule has 0 saturated heterocycles. The SMILES string of the molecule is COc1cc(C(C)(C)C)c(OC(=O)C2=CCON2O)c(C(C)(C)C)c1. The van der Waals surface area contributed by atoms with Gasteiger partial charge in [0.25, 0.3) is 0 Å². The monoisotopic (exact) mass is 349 g/mol. The number of rotatable bonds is 3. The molecule has 0 radical (unpaired) electrons. The fraction of sp³-hybridized carbons (Fsp3) is 0.526. The average molecular weight is 349 g/mol. The molecule has 0 bridgehead atoms. The van der Waals surface area contributed by atoms with E-state index >= 15 is 0 Å². The van der Waals surface area contributed by atoms with Gasteiger partial charge in [-0.2, -0.15) is 0 Å². The second kappa shape index (κ2) is 6.69. The Kier molecular flexibility index (Phi) is 5.16. The normalized spacial score (nSPS) is 15.2. The maximum Gasteiger partial charge on any atom is 0.364 e. The number of carbonyl (C=O) groups is 1. The standard InChI is InChI=1S/C19H27NO5/c1-18(2,3)13-10-12(23-7)11-14(19(4,5)6)16(13)25-17(21)15-8-9-24-20(15)22/h8,10-11,22H,9H2,1-7H3. The molecule has 1 aromatic carbocycles. The van der Waals surface area contributed by atoms with E-state index < -0.39 is 5.97 Å². The molecule has 0 atom stereocenters. The quantitative estimate of drug-likeness (QED) is 0.663. The minimum atomic E-state index is -0.666. The van der Waals surface area contributed by atoms with Crippen molar-refractivity contribution in [2.75, 3.05) is 13.7 Å². The van der Waals surface area contributed by atoms with Gasteiger partial charge in [0.15, 0.2) is 5.70 Å². The van der Waals surface area contributed by atoms with Crippen LogP contribution < -0.4 is 9.47 Å². The van der Waals surface area contributed by atoms with Crippen molar-refractivity contribution < 1.29 is 24.3 Å². The lowest BCUT2D eigenvalue weighted by molar-refractivity contribution is -0.295. The van der Waals surface area contributed by atoms with E-state index in [1.54, 1.807) is 7.11 Å². The first-order valence-corrected chi connectivity index (χ1v) is 8.22. The van der Waals surface area contributed by atoms with Crippen LogP contribution in [0, 0.1) is 0 Å². The third kappa shape index (κ3) is 4.14. The first-order chi connectivity index (χ1) is 11.4. The molecule has 2 rings (SSSR count). The molecule has 0 spiro atoms. The van der Waals surface area contributed by atoms with Crippen LogP contribution in [0.1, 0.15) is 52.7 Å². The smallest absolute Gasteiger partial charge is 0.364 e. The lowest BCUT2D eigenvalue weighted by Gasteiger charge is -2.30. The number of hydroxylamine groups is 2. The Labute approximate surface area is 148 Å². The van der Waals surface area contributed by atoms with Crippen molar-refractivity contribution in [3.63, 3.8) is 0 Å². The Morgan fingerprint density at radius 1 is 1.12 bits per heavy atom. The fourth-order valence-corrected chi connectivity index (χ4v) is 2.59. The zero-order chi connectivity index (χ0) is 19.0. The lowest BCUT2D eigenvalue weighted by atomic mass is 9.79. The average Bonchev–Trinajstić information content (AvgIpc) is 2.91. The lowest BCUT2D eigenvalue weighted by Crippen LogP contribution is -2.26. The maximum absolute atomic E-state index is 12.5. The Hall–Kier alpha value is -2.05. The van der Waals surface area contributed by atoms with Gasteiger partial charge in [-0.25, -0.2) is 9.63 Å². The summed E-state index contributed by atoms with van der Waals surface area (Å²) in [5.41, 5.74) is 1.13. The summed E-state index contributed by atoms with van der Waals surface area (Å²) < 4.78 is 11.2. The van der Waals surface area contributed by atoms with E-state index in [1.165, 1.54) is 6.08 Å². The Bertz CT molecular complexity index is 660. The summed E-state index contributed by atoms with van der Waals surface area (Å²) in [6, 6.07) is 3.77.